The number of sulfonamides is 1. The van der Waals surface area contributed by atoms with Gasteiger partial charge in [0.15, 0.2) is 5.78 Å². The van der Waals surface area contributed by atoms with Gasteiger partial charge in [-0.15, -0.1) is 0 Å². The molecule has 1 aromatic carbocycles. The number of nitrogens with one attached hydrogen (secondary N) is 1. The SMILES string of the molecule is Cc1cccc2c(C(=O)CNS(C)(=O)=O)cn(C)c12. The molecule has 0 aliphatic carbocycles. The fourth-order valence-electron chi connectivity index (χ4n) is 2.19. The zero-order valence-corrected chi connectivity index (χ0v) is 11.9. The van der Waals surface area contributed by atoms with Crippen molar-refractivity contribution >= 4 is 26.7 Å². The average Bonchev–Trinajstić information content (AvgIpc) is 2.64. The molecule has 0 amide bonds. The number of hydrogen-bond acceptors (Lipinski definition) is 3. The van der Waals surface area contributed by atoms with Crippen LogP contribution in [0.15, 0.2) is 24.4 Å². The number of nitrogens with zero attached hydrogens (tertiary/aromatic N) is 1. The summed E-state index contributed by atoms with van der Waals surface area (Å²) >= 11 is 0. The van der Waals surface area contributed by atoms with Gasteiger partial charge < -0.3 is 4.57 Å². The van der Waals surface area contributed by atoms with Crippen molar-refractivity contribution in [2.24, 2.45) is 7.05 Å². The van der Waals surface area contributed by atoms with E-state index in [0.29, 0.717) is 5.56 Å². The fourth-order valence-corrected chi connectivity index (χ4v) is 2.58. The van der Waals surface area contributed by atoms with Gasteiger partial charge in [0, 0.05) is 24.2 Å². The maximum atomic E-state index is 12.1. The predicted molar refractivity (Wildman–Crippen MR) is 74.8 cm³/mol. The summed E-state index contributed by atoms with van der Waals surface area (Å²) in [5, 5.41) is 0.850. The molecule has 0 atom stereocenters. The Morgan fingerprint density at radius 2 is 2.05 bits per heavy atom. The van der Waals surface area contributed by atoms with Crippen LogP contribution >= 0.6 is 0 Å². The van der Waals surface area contributed by atoms with Crippen LogP contribution in [0.5, 0.6) is 0 Å². The molecule has 1 heterocycles. The highest BCUT2D eigenvalue weighted by atomic mass is 32.2. The Bertz CT molecular complexity index is 745. The Labute approximate surface area is 112 Å². The topological polar surface area (TPSA) is 68.2 Å². The van der Waals surface area contributed by atoms with Crippen LogP contribution in [0.4, 0.5) is 0 Å². The third kappa shape index (κ3) is 2.85. The van der Waals surface area contributed by atoms with Gasteiger partial charge in [0.2, 0.25) is 10.0 Å². The maximum Gasteiger partial charge on any atom is 0.209 e. The van der Waals surface area contributed by atoms with Crippen molar-refractivity contribution in [1.29, 1.82) is 0 Å². The van der Waals surface area contributed by atoms with Gasteiger partial charge in [-0.3, -0.25) is 4.79 Å². The van der Waals surface area contributed by atoms with E-state index in [9.17, 15) is 13.2 Å². The van der Waals surface area contributed by atoms with E-state index in [1.807, 2.05) is 36.7 Å². The molecule has 0 saturated heterocycles. The largest absolute Gasteiger partial charge is 0.350 e. The minimum Gasteiger partial charge on any atom is -0.350 e. The summed E-state index contributed by atoms with van der Waals surface area (Å²) in [6.45, 7) is 1.76. The molecule has 0 unspecified atom stereocenters. The third-order valence-corrected chi connectivity index (χ3v) is 3.67. The number of carbonyl (C=O) groups is 1. The second-order valence-corrected chi connectivity index (χ2v) is 6.47. The molecule has 0 radical (unpaired) electrons. The van der Waals surface area contributed by atoms with Crippen molar-refractivity contribution in [2.75, 3.05) is 12.8 Å². The van der Waals surface area contributed by atoms with Gasteiger partial charge in [-0.2, -0.15) is 0 Å². The second kappa shape index (κ2) is 4.79. The number of Topliss-reactive ketones (excluding diaryl/α,β-unsaturated/α-hetero) is 1. The van der Waals surface area contributed by atoms with Gasteiger partial charge in [0.25, 0.3) is 0 Å². The van der Waals surface area contributed by atoms with E-state index >= 15 is 0 Å². The first-order valence-electron chi connectivity index (χ1n) is 5.82. The molecule has 0 bridgehead atoms. The summed E-state index contributed by atoms with van der Waals surface area (Å²) in [6.07, 6.45) is 2.78. The lowest BCUT2D eigenvalue weighted by Crippen LogP contribution is -2.28. The van der Waals surface area contributed by atoms with Gasteiger partial charge >= 0.3 is 0 Å². The first kappa shape index (κ1) is 13.8. The molecule has 6 heteroatoms. The van der Waals surface area contributed by atoms with E-state index < -0.39 is 10.0 Å². The highest BCUT2D eigenvalue weighted by Crippen LogP contribution is 2.23. The standard InChI is InChI=1S/C13H16N2O3S/c1-9-5-4-6-10-11(8-15(2)13(9)10)12(16)7-14-19(3,17)18/h4-6,8,14H,7H2,1-3H3. The lowest BCUT2D eigenvalue weighted by molar-refractivity contribution is 0.0998. The zero-order chi connectivity index (χ0) is 14.2. The van der Waals surface area contributed by atoms with E-state index in [-0.39, 0.29) is 12.3 Å². The third-order valence-electron chi connectivity index (χ3n) is 3.00. The Hall–Kier alpha value is -1.66. The van der Waals surface area contributed by atoms with Gasteiger partial charge in [-0.25, -0.2) is 13.1 Å². The number of aromatic nitrogens is 1. The van der Waals surface area contributed by atoms with Crippen LogP contribution in [0.3, 0.4) is 0 Å². The lowest BCUT2D eigenvalue weighted by Gasteiger charge is -2.01. The molecule has 0 spiro atoms. The highest BCUT2D eigenvalue weighted by Gasteiger charge is 2.15. The molecule has 1 N–H and O–H groups in total. The van der Waals surface area contributed by atoms with Gasteiger partial charge in [0.05, 0.1) is 18.3 Å². The molecule has 102 valence electrons. The monoisotopic (exact) mass is 280 g/mol. The average molecular weight is 280 g/mol. The first-order valence-corrected chi connectivity index (χ1v) is 7.71. The van der Waals surface area contributed by atoms with E-state index in [2.05, 4.69) is 4.72 Å². The molecule has 19 heavy (non-hydrogen) atoms. The van der Waals surface area contributed by atoms with Crippen molar-refractivity contribution in [1.82, 2.24) is 9.29 Å². The first-order chi connectivity index (χ1) is 8.79. The predicted octanol–water partition coefficient (Wildman–Crippen LogP) is 1.22. The minimum absolute atomic E-state index is 0.216. The number of rotatable bonds is 4. The molecule has 0 aliphatic heterocycles. The van der Waals surface area contributed by atoms with E-state index in [0.717, 1.165) is 22.7 Å². The van der Waals surface area contributed by atoms with Crippen LogP contribution in [0.25, 0.3) is 10.9 Å². The van der Waals surface area contributed by atoms with Gasteiger partial charge in [0.1, 0.15) is 0 Å². The van der Waals surface area contributed by atoms with Crippen LogP contribution in [0.1, 0.15) is 15.9 Å². The zero-order valence-electron chi connectivity index (χ0n) is 11.1. The number of hydrogen-bond donors (Lipinski definition) is 1. The quantitative estimate of drug-likeness (QED) is 0.856. The smallest absolute Gasteiger partial charge is 0.209 e. The number of aryl methyl sites for hydroxylation is 2. The Balaban J connectivity index is 2.41. The Kier molecular flexibility index (Phi) is 3.47. The van der Waals surface area contributed by atoms with Gasteiger partial charge in [-0.1, -0.05) is 18.2 Å². The minimum atomic E-state index is -3.36. The summed E-state index contributed by atoms with van der Waals surface area (Å²) in [5.74, 6) is -0.235. The van der Waals surface area contributed by atoms with Crippen molar-refractivity contribution in [3.05, 3.63) is 35.5 Å². The number of para-hydroxylation sites is 1. The van der Waals surface area contributed by atoms with Crippen LogP contribution in [-0.4, -0.2) is 31.6 Å². The molecule has 1 aromatic heterocycles. The highest BCUT2D eigenvalue weighted by molar-refractivity contribution is 7.88. The summed E-state index contributed by atoms with van der Waals surface area (Å²) in [6, 6.07) is 5.74. The van der Waals surface area contributed by atoms with Crippen molar-refractivity contribution in [3.8, 4) is 0 Å². The number of carbonyl (C=O) groups excluding carboxylic acids is 1. The van der Waals surface area contributed by atoms with Crippen LogP contribution in [0.2, 0.25) is 0 Å². The molecule has 5 nitrogen and oxygen atoms in total. The van der Waals surface area contributed by atoms with Crippen molar-refractivity contribution in [3.63, 3.8) is 0 Å². The maximum absolute atomic E-state index is 12.1. The van der Waals surface area contributed by atoms with Crippen LogP contribution in [-0.2, 0) is 17.1 Å². The number of benzene rings is 1. The Morgan fingerprint density at radius 1 is 1.37 bits per heavy atom. The van der Waals surface area contributed by atoms with Crippen molar-refractivity contribution in [2.45, 2.75) is 6.92 Å². The fraction of sp³-hybridized carbons (Fsp3) is 0.308. The van der Waals surface area contributed by atoms with E-state index in [4.69, 9.17) is 0 Å². The summed E-state index contributed by atoms with van der Waals surface area (Å²) < 4.78 is 26.2. The molecule has 0 saturated carbocycles. The molecule has 0 aliphatic rings. The lowest BCUT2D eigenvalue weighted by atomic mass is 10.1. The van der Waals surface area contributed by atoms with Crippen molar-refractivity contribution < 1.29 is 13.2 Å². The van der Waals surface area contributed by atoms with E-state index in [1.165, 1.54) is 0 Å². The summed E-state index contributed by atoms with van der Waals surface area (Å²) in [7, 11) is -1.49. The molecular weight excluding hydrogens is 264 g/mol. The molecule has 2 aromatic rings. The Morgan fingerprint density at radius 3 is 2.68 bits per heavy atom. The molecular formula is C13H16N2O3S. The van der Waals surface area contributed by atoms with Gasteiger partial charge in [-0.05, 0) is 12.5 Å². The number of fused-ring (bicyclic) bond motifs is 1. The van der Waals surface area contributed by atoms with Crippen LogP contribution < -0.4 is 4.72 Å². The number of ketones is 1. The summed E-state index contributed by atoms with van der Waals surface area (Å²) in [4.78, 5) is 12.1. The second-order valence-electron chi connectivity index (χ2n) is 4.64. The van der Waals surface area contributed by atoms with E-state index in [1.54, 1.807) is 6.20 Å². The normalized spacial score (nSPS) is 11.9. The molecule has 0 fully saturated rings. The summed E-state index contributed by atoms with van der Waals surface area (Å²) in [5.41, 5.74) is 2.61. The molecule has 2 rings (SSSR count). The van der Waals surface area contributed by atoms with Crippen LogP contribution in [0, 0.1) is 6.92 Å².